The molecule has 2 N–H and O–H groups in total. The molecule has 1 atom stereocenters. The van der Waals surface area contributed by atoms with Gasteiger partial charge in [-0.05, 0) is 25.5 Å². The van der Waals surface area contributed by atoms with Crippen LogP contribution in [0, 0.1) is 0 Å². The average molecular weight is 248 g/mol. The molecule has 0 saturated heterocycles. The maximum absolute atomic E-state index is 11.1. The first kappa shape index (κ1) is 12.5. The standard InChI is InChI=1S/C10H14ClNO2S/c1-2-14-10(13)6-3-7(12)8-4-5-9(11)15-8/h4-5,7H,2-3,6,12H2,1H3. The molecule has 5 heteroatoms. The van der Waals surface area contributed by atoms with Crippen LogP contribution in [0.5, 0.6) is 0 Å². The molecule has 1 aromatic rings. The van der Waals surface area contributed by atoms with Crippen LogP contribution in [-0.2, 0) is 9.53 Å². The van der Waals surface area contributed by atoms with Gasteiger partial charge in [0.2, 0.25) is 0 Å². The summed E-state index contributed by atoms with van der Waals surface area (Å²) in [6.45, 7) is 2.20. The van der Waals surface area contributed by atoms with E-state index in [1.165, 1.54) is 11.3 Å². The Labute approximate surface area is 98.2 Å². The highest BCUT2D eigenvalue weighted by molar-refractivity contribution is 7.16. The second-order valence-electron chi connectivity index (χ2n) is 3.09. The molecule has 15 heavy (non-hydrogen) atoms. The average Bonchev–Trinajstić information content (AvgIpc) is 2.62. The van der Waals surface area contributed by atoms with Gasteiger partial charge in [0.25, 0.3) is 0 Å². The van der Waals surface area contributed by atoms with Crippen LogP contribution in [0.3, 0.4) is 0 Å². The van der Waals surface area contributed by atoms with E-state index in [2.05, 4.69) is 0 Å². The van der Waals surface area contributed by atoms with Crippen LogP contribution < -0.4 is 5.73 Å². The van der Waals surface area contributed by atoms with Gasteiger partial charge in [0.15, 0.2) is 0 Å². The van der Waals surface area contributed by atoms with Gasteiger partial charge in [-0.25, -0.2) is 0 Å². The van der Waals surface area contributed by atoms with E-state index >= 15 is 0 Å². The Hall–Kier alpha value is -0.580. The van der Waals surface area contributed by atoms with Crippen LogP contribution in [0.4, 0.5) is 0 Å². The molecule has 0 fully saturated rings. The zero-order valence-corrected chi connectivity index (χ0v) is 10.1. The number of esters is 1. The van der Waals surface area contributed by atoms with Crippen LogP contribution in [0.2, 0.25) is 4.34 Å². The molecule has 0 aliphatic carbocycles. The van der Waals surface area contributed by atoms with Crippen molar-refractivity contribution in [3.63, 3.8) is 0 Å². The Morgan fingerprint density at radius 3 is 2.93 bits per heavy atom. The highest BCUT2D eigenvalue weighted by Crippen LogP contribution is 2.27. The molecule has 0 aromatic carbocycles. The predicted octanol–water partition coefficient (Wildman–Crippen LogP) is 2.74. The fourth-order valence-corrected chi connectivity index (χ4v) is 2.27. The Morgan fingerprint density at radius 1 is 1.67 bits per heavy atom. The minimum atomic E-state index is -0.199. The molecule has 0 radical (unpaired) electrons. The van der Waals surface area contributed by atoms with Gasteiger partial charge >= 0.3 is 5.97 Å². The zero-order valence-electron chi connectivity index (χ0n) is 8.53. The first-order chi connectivity index (χ1) is 7.13. The van der Waals surface area contributed by atoms with E-state index in [9.17, 15) is 4.79 Å². The molecule has 1 heterocycles. The van der Waals surface area contributed by atoms with Crippen LogP contribution in [0.1, 0.15) is 30.7 Å². The van der Waals surface area contributed by atoms with Gasteiger partial charge in [-0.3, -0.25) is 4.79 Å². The van der Waals surface area contributed by atoms with Gasteiger partial charge in [0.1, 0.15) is 0 Å². The van der Waals surface area contributed by atoms with Crippen LogP contribution in [0.25, 0.3) is 0 Å². The summed E-state index contributed by atoms with van der Waals surface area (Å²) < 4.78 is 5.54. The summed E-state index contributed by atoms with van der Waals surface area (Å²) in [6.07, 6.45) is 0.945. The summed E-state index contributed by atoms with van der Waals surface area (Å²) in [5, 5.41) is 0. The smallest absolute Gasteiger partial charge is 0.305 e. The molecule has 0 bridgehead atoms. The lowest BCUT2D eigenvalue weighted by Crippen LogP contribution is -2.12. The lowest BCUT2D eigenvalue weighted by atomic mass is 10.1. The number of thiophene rings is 1. The summed E-state index contributed by atoms with van der Waals surface area (Å²) in [4.78, 5) is 12.1. The van der Waals surface area contributed by atoms with E-state index in [4.69, 9.17) is 22.1 Å². The molecule has 0 spiro atoms. The maximum atomic E-state index is 11.1. The number of carbonyl (C=O) groups excluding carboxylic acids is 1. The molecule has 1 aromatic heterocycles. The lowest BCUT2D eigenvalue weighted by molar-refractivity contribution is -0.143. The van der Waals surface area contributed by atoms with Gasteiger partial charge in [-0.15, -0.1) is 11.3 Å². The van der Waals surface area contributed by atoms with E-state index in [1.807, 2.05) is 12.1 Å². The molecule has 1 rings (SSSR count). The Kier molecular flexibility index (Phi) is 5.08. The highest BCUT2D eigenvalue weighted by atomic mass is 35.5. The van der Waals surface area contributed by atoms with Gasteiger partial charge in [0.05, 0.1) is 10.9 Å². The van der Waals surface area contributed by atoms with E-state index in [1.54, 1.807) is 6.92 Å². The van der Waals surface area contributed by atoms with Crippen molar-refractivity contribution in [1.82, 2.24) is 0 Å². The minimum Gasteiger partial charge on any atom is -0.466 e. The fraction of sp³-hybridized carbons (Fsp3) is 0.500. The quantitative estimate of drug-likeness (QED) is 0.814. The van der Waals surface area contributed by atoms with Crippen LogP contribution in [0.15, 0.2) is 12.1 Å². The Balaban J connectivity index is 2.36. The monoisotopic (exact) mass is 247 g/mol. The Morgan fingerprint density at radius 2 is 2.40 bits per heavy atom. The van der Waals surface area contributed by atoms with Gasteiger partial charge in [0, 0.05) is 17.3 Å². The van der Waals surface area contributed by atoms with Crippen molar-refractivity contribution >= 4 is 28.9 Å². The van der Waals surface area contributed by atoms with Crippen molar-refractivity contribution in [1.29, 1.82) is 0 Å². The van der Waals surface area contributed by atoms with Crippen molar-refractivity contribution in [2.24, 2.45) is 5.73 Å². The second kappa shape index (κ2) is 6.10. The van der Waals surface area contributed by atoms with E-state index in [0.717, 1.165) is 9.21 Å². The maximum Gasteiger partial charge on any atom is 0.305 e. The largest absolute Gasteiger partial charge is 0.466 e. The number of rotatable bonds is 5. The molecular weight excluding hydrogens is 234 g/mol. The van der Waals surface area contributed by atoms with Gasteiger partial charge in [-0.1, -0.05) is 11.6 Å². The summed E-state index contributed by atoms with van der Waals surface area (Å²) in [5.74, 6) is -0.199. The first-order valence-corrected chi connectivity index (χ1v) is 5.99. The number of hydrogen-bond donors (Lipinski definition) is 1. The molecule has 0 saturated carbocycles. The number of halogens is 1. The predicted molar refractivity (Wildman–Crippen MR) is 62.1 cm³/mol. The fourth-order valence-electron chi connectivity index (χ4n) is 1.18. The molecular formula is C10H14ClNO2S. The molecule has 0 amide bonds. The van der Waals surface area contributed by atoms with Gasteiger partial charge in [-0.2, -0.15) is 0 Å². The molecule has 84 valence electrons. The Bertz CT molecular complexity index is 327. The third-order valence-corrected chi connectivity index (χ3v) is 3.29. The third-order valence-electron chi connectivity index (χ3n) is 1.92. The number of hydrogen-bond acceptors (Lipinski definition) is 4. The van der Waals surface area contributed by atoms with Crippen molar-refractivity contribution in [2.75, 3.05) is 6.61 Å². The number of carbonyl (C=O) groups is 1. The second-order valence-corrected chi connectivity index (χ2v) is 4.84. The number of nitrogens with two attached hydrogens (primary N) is 1. The van der Waals surface area contributed by atoms with Crippen molar-refractivity contribution in [3.05, 3.63) is 21.3 Å². The van der Waals surface area contributed by atoms with Gasteiger partial charge < -0.3 is 10.5 Å². The zero-order chi connectivity index (χ0) is 11.3. The molecule has 0 aliphatic heterocycles. The van der Waals surface area contributed by atoms with Crippen molar-refractivity contribution in [3.8, 4) is 0 Å². The topological polar surface area (TPSA) is 52.3 Å². The SMILES string of the molecule is CCOC(=O)CCC(N)c1ccc(Cl)s1. The lowest BCUT2D eigenvalue weighted by Gasteiger charge is -2.08. The first-order valence-electron chi connectivity index (χ1n) is 4.80. The molecule has 1 unspecified atom stereocenters. The molecule has 3 nitrogen and oxygen atoms in total. The van der Waals surface area contributed by atoms with Crippen molar-refractivity contribution in [2.45, 2.75) is 25.8 Å². The summed E-state index contributed by atoms with van der Waals surface area (Å²) in [6, 6.07) is 3.57. The van der Waals surface area contributed by atoms with Crippen molar-refractivity contribution < 1.29 is 9.53 Å². The van der Waals surface area contributed by atoms with Crippen LogP contribution >= 0.6 is 22.9 Å². The number of ether oxygens (including phenoxy) is 1. The normalized spacial score (nSPS) is 12.5. The van der Waals surface area contributed by atoms with Crippen LogP contribution in [-0.4, -0.2) is 12.6 Å². The summed E-state index contributed by atoms with van der Waals surface area (Å²) in [5.41, 5.74) is 5.90. The molecule has 0 aliphatic rings. The van der Waals surface area contributed by atoms with E-state index in [-0.39, 0.29) is 12.0 Å². The minimum absolute atomic E-state index is 0.132. The van der Waals surface area contributed by atoms with E-state index in [0.29, 0.717) is 19.4 Å². The highest BCUT2D eigenvalue weighted by Gasteiger charge is 2.11. The summed E-state index contributed by atoms with van der Waals surface area (Å²) in [7, 11) is 0. The van der Waals surface area contributed by atoms with E-state index < -0.39 is 0 Å². The summed E-state index contributed by atoms with van der Waals surface area (Å²) >= 11 is 7.24. The third kappa shape index (κ3) is 4.20.